The molecule has 0 spiro atoms. The van der Waals surface area contributed by atoms with Crippen LogP contribution >= 0.6 is 0 Å². The molecule has 0 bridgehead atoms. The average Bonchev–Trinajstić information content (AvgIpc) is 2.19. The predicted molar refractivity (Wildman–Crippen MR) is 68.6 cm³/mol. The maximum absolute atomic E-state index is 9.71. The van der Waals surface area contributed by atoms with Crippen molar-refractivity contribution in [3.63, 3.8) is 0 Å². The molecule has 17 heavy (non-hydrogen) atoms. The Morgan fingerprint density at radius 3 is 2.71 bits per heavy atom. The van der Waals surface area contributed by atoms with Gasteiger partial charge in [0.05, 0.1) is 5.60 Å². The van der Waals surface area contributed by atoms with Crippen LogP contribution in [-0.2, 0) is 4.74 Å². The molecule has 0 aromatic heterocycles. The maximum Gasteiger partial charge on any atom is 0.157 e. The number of hydrogen-bond acceptors (Lipinski definition) is 3. The van der Waals surface area contributed by atoms with Crippen molar-refractivity contribution in [2.75, 3.05) is 6.61 Å². The predicted octanol–water partition coefficient (Wildman–Crippen LogP) is 2.70. The Morgan fingerprint density at radius 1 is 1.41 bits per heavy atom. The zero-order valence-corrected chi connectivity index (χ0v) is 11.5. The number of ether oxygens (including phenoxy) is 1. The lowest BCUT2D eigenvalue weighted by atomic mass is 9.87. The van der Waals surface area contributed by atoms with Gasteiger partial charge in [-0.3, -0.25) is 0 Å². The number of rotatable bonds is 6. The van der Waals surface area contributed by atoms with Crippen molar-refractivity contribution in [1.29, 1.82) is 0 Å². The van der Waals surface area contributed by atoms with Gasteiger partial charge in [-0.05, 0) is 45.4 Å². The van der Waals surface area contributed by atoms with Gasteiger partial charge in [0.15, 0.2) is 6.29 Å². The normalized spacial score (nSPS) is 28.1. The second-order valence-electron chi connectivity index (χ2n) is 6.21. The minimum atomic E-state index is -0.555. The summed E-state index contributed by atoms with van der Waals surface area (Å²) in [6.45, 7) is 6.64. The van der Waals surface area contributed by atoms with Crippen LogP contribution in [0, 0.1) is 11.8 Å². The zero-order chi connectivity index (χ0) is 12.9. The van der Waals surface area contributed by atoms with E-state index in [2.05, 4.69) is 6.92 Å². The molecule has 3 atom stereocenters. The van der Waals surface area contributed by atoms with Crippen LogP contribution in [-0.4, -0.2) is 28.7 Å². The largest absolute Gasteiger partial charge is 0.390 e. The van der Waals surface area contributed by atoms with Crippen LogP contribution in [0.5, 0.6) is 0 Å². The van der Waals surface area contributed by atoms with Crippen LogP contribution in [0.1, 0.15) is 59.3 Å². The second-order valence-corrected chi connectivity index (χ2v) is 6.21. The Morgan fingerprint density at radius 2 is 2.12 bits per heavy atom. The van der Waals surface area contributed by atoms with Gasteiger partial charge in [-0.15, -0.1) is 0 Å². The highest BCUT2D eigenvalue weighted by molar-refractivity contribution is 4.71. The lowest BCUT2D eigenvalue weighted by molar-refractivity contribution is -0.162. The van der Waals surface area contributed by atoms with Gasteiger partial charge in [0.25, 0.3) is 0 Å². The molecular weight excluding hydrogens is 216 g/mol. The lowest BCUT2D eigenvalue weighted by Gasteiger charge is -2.30. The maximum atomic E-state index is 9.71. The van der Waals surface area contributed by atoms with Crippen molar-refractivity contribution in [3.05, 3.63) is 0 Å². The second kappa shape index (κ2) is 6.72. The third kappa shape index (κ3) is 6.39. The van der Waals surface area contributed by atoms with Gasteiger partial charge < -0.3 is 14.9 Å². The minimum absolute atomic E-state index is 0.306. The van der Waals surface area contributed by atoms with E-state index in [1.165, 1.54) is 0 Å². The summed E-state index contributed by atoms with van der Waals surface area (Å²) in [6.07, 6.45) is 5.64. The highest BCUT2D eigenvalue weighted by atomic mass is 16.6. The van der Waals surface area contributed by atoms with Gasteiger partial charge in [-0.1, -0.05) is 19.8 Å². The third-order valence-electron chi connectivity index (χ3n) is 3.60. The Balaban J connectivity index is 2.17. The fraction of sp³-hybridized carbons (Fsp3) is 1.00. The lowest BCUT2D eigenvalue weighted by Crippen LogP contribution is -2.30. The number of aliphatic hydroxyl groups is 2. The Kier molecular flexibility index (Phi) is 5.90. The molecule has 1 rings (SSSR count). The standard InChI is InChI=1S/C14H28O3/c1-11(6-4-8-14(2,3)16)10-12-7-5-9-17-13(12)15/h11-13,15-16H,4-10H2,1-3H3. The topological polar surface area (TPSA) is 49.7 Å². The molecule has 0 radical (unpaired) electrons. The van der Waals surface area contributed by atoms with Gasteiger partial charge in [-0.25, -0.2) is 0 Å². The first-order valence-corrected chi connectivity index (χ1v) is 6.90. The molecule has 1 fully saturated rings. The molecule has 1 saturated heterocycles. The fourth-order valence-electron chi connectivity index (χ4n) is 2.58. The van der Waals surface area contributed by atoms with Gasteiger partial charge in [0.1, 0.15) is 0 Å². The summed E-state index contributed by atoms with van der Waals surface area (Å²) in [5, 5.41) is 19.3. The third-order valence-corrected chi connectivity index (χ3v) is 3.60. The first kappa shape index (κ1) is 14.9. The molecule has 2 N–H and O–H groups in total. The molecule has 1 aliphatic rings. The van der Waals surface area contributed by atoms with E-state index in [1.807, 2.05) is 13.8 Å². The van der Waals surface area contributed by atoms with Crippen LogP contribution in [0.2, 0.25) is 0 Å². The summed E-state index contributed by atoms with van der Waals surface area (Å²) in [7, 11) is 0. The van der Waals surface area contributed by atoms with Crippen molar-refractivity contribution < 1.29 is 14.9 Å². The number of aliphatic hydroxyl groups excluding tert-OH is 1. The van der Waals surface area contributed by atoms with Crippen LogP contribution in [0.25, 0.3) is 0 Å². The molecule has 3 heteroatoms. The molecule has 3 nitrogen and oxygen atoms in total. The van der Waals surface area contributed by atoms with E-state index in [1.54, 1.807) is 0 Å². The van der Waals surface area contributed by atoms with Crippen LogP contribution < -0.4 is 0 Å². The van der Waals surface area contributed by atoms with E-state index in [-0.39, 0.29) is 0 Å². The highest BCUT2D eigenvalue weighted by Crippen LogP contribution is 2.28. The minimum Gasteiger partial charge on any atom is -0.390 e. The number of hydrogen-bond donors (Lipinski definition) is 2. The molecule has 102 valence electrons. The van der Waals surface area contributed by atoms with E-state index in [9.17, 15) is 10.2 Å². The zero-order valence-electron chi connectivity index (χ0n) is 11.5. The van der Waals surface area contributed by atoms with Crippen LogP contribution in [0.3, 0.4) is 0 Å². The first-order valence-electron chi connectivity index (χ1n) is 6.90. The van der Waals surface area contributed by atoms with Crippen molar-refractivity contribution in [1.82, 2.24) is 0 Å². The van der Waals surface area contributed by atoms with Gasteiger partial charge in [0.2, 0.25) is 0 Å². The Hall–Kier alpha value is -0.120. The summed E-state index contributed by atoms with van der Waals surface area (Å²) in [4.78, 5) is 0. The van der Waals surface area contributed by atoms with E-state index in [0.29, 0.717) is 18.4 Å². The monoisotopic (exact) mass is 244 g/mol. The molecule has 0 saturated carbocycles. The van der Waals surface area contributed by atoms with E-state index >= 15 is 0 Å². The Bertz CT molecular complexity index is 210. The summed E-state index contributed by atoms with van der Waals surface area (Å²) in [5.74, 6) is 0.902. The summed E-state index contributed by atoms with van der Waals surface area (Å²) >= 11 is 0. The van der Waals surface area contributed by atoms with Gasteiger partial charge >= 0.3 is 0 Å². The van der Waals surface area contributed by atoms with E-state index < -0.39 is 11.9 Å². The Labute approximate surface area is 105 Å². The summed E-state index contributed by atoms with van der Waals surface area (Å²) < 4.78 is 5.27. The molecule has 0 aliphatic carbocycles. The van der Waals surface area contributed by atoms with E-state index in [4.69, 9.17) is 4.74 Å². The molecule has 1 aliphatic heterocycles. The first-order chi connectivity index (χ1) is 7.88. The highest BCUT2D eigenvalue weighted by Gasteiger charge is 2.25. The summed E-state index contributed by atoms with van der Waals surface area (Å²) in [5.41, 5.74) is -0.548. The van der Waals surface area contributed by atoms with Crippen molar-refractivity contribution >= 4 is 0 Å². The SMILES string of the molecule is CC(CCCC(C)(C)O)CC1CCCOC1O. The molecule has 0 amide bonds. The molecule has 1 heterocycles. The van der Waals surface area contributed by atoms with Crippen molar-refractivity contribution in [2.24, 2.45) is 11.8 Å². The summed E-state index contributed by atoms with van der Waals surface area (Å²) in [6, 6.07) is 0. The van der Waals surface area contributed by atoms with Gasteiger partial charge in [-0.2, -0.15) is 0 Å². The van der Waals surface area contributed by atoms with Crippen molar-refractivity contribution in [3.8, 4) is 0 Å². The molecule has 3 unspecified atom stereocenters. The average molecular weight is 244 g/mol. The van der Waals surface area contributed by atoms with Gasteiger partial charge in [0, 0.05) is 12.5 Å². The van der Waals surface area contributed by atoms with Crippen LogP contribution in [0.15, 0.2) is 0 Å². The fourth-order valence-corrected chi connectivity index (χ4v) is 2.58. The molecular formula is C14H28O3. The van der Waals surface area contributed by atoms with E-state index in [0.717, 1.165) is 38.5 Å². The van der Waals surface area contributed by atoms with Crippen LogP contribution in [0.4, 0.5) is 0 Å². The molecule has 0 aromatic carbocycles. The molecule has 0 aromatic rings. The van der Waals surface area contributed by atoms with Crippen molar-refractivity contribution in [2.45, 2.75) is 71.2 Å². The quantitative estimate of drug-likeness (QED) is 0.755. The smallest absolute Gasteiger partial charge is 0.157 e.